The summed E-state index contributed by atoms with van der Waals surface area (Å²) in [4.78, 5) is 12.0. The summed E-state index contributed by atoms with van der Waals surface area (Å²) in [5, 5.41) is 13.0. The largest absolute Gasteiger partial charge is 0.457 e. The molecule has 23 heavy (non-hydrogen) atoms. The highest BCUT2D eigenvalue weighted by molar-refractivity contribution is 5.89. The van der Waals surface area contributed by atoms with Crippen LogP contribution in [-0.4, -0.2) is 15.7 Å². The van der Waals surface area contributed by atoms with Gasteiger partial charge in [0, 0.05) is 12.4 Å². The number of aromatic nitrogens is 2. The maximum absolute atomic E-state index is 12.0. The zero-order valence-electron chi connectivity index (χ0n) is 12.2. The molecule has 5 heteroatoms. The number of ether oxygens (including phenoxy) is 1. The Balaban J connectivity index is 1.64. The summed E-state index contributed by atoms with van der Waals surface area (Å²) in [6.45, 7) is 0.176. The van der Waals surface area contributed by atoms with Crippen LogP contribution in [0.3, 0.4) is 0 Å². The van der Waals surface area contributed by atoms with Crippen molar-refractivity contribution in [3.05, 3.63) is 83.7 Å². The molecule has 112 valence electrons. The summed E-state index contributed by atoms with van der Waals surface area (Å²) in [6, 6.07) is 17.9. The highest BCUT2D eigenvalue weighted by atomic mass is 16.5. The average Bonchev–Trinajstić information content (AvgIpc) is 3.15. The molecule has 1 aromatic heterocycles. The van der Waals surface area contributed by atoms with E-state index in [0.29, 0.717) is 11.1 Å². The van der Waals surface area contributed by atoms with Crippen LogP contribution in [-0.2, 0) is 11.3 Å². The first-order valence-corrected chi connectivity index (χ1v) is 7.02. The quantitative estimate of drug-likeness (QED) is 0.695. The van der Waals surface area contributed by atoms with Gasteiger partial charge in [0.1, 0.15) is 6.61 Å². The van der Waals surface area contributed by atoms with Gasteiger partial charge in [-0.25, -0.2) is 9.48 Å². The fourth-order valence-electron chi connectivity index (χ4n) is 2.11. The lowest BCUT2D eigenvalue weighted by molar-refractivity contribution is 0.0472. The standard InChI is InChI=1S/C18H13N3O2/c19-12-15-3-1-4-16(11-15)18(22)23-13-14-5-7-17(8-6-14)21-10-2-9-20-21/h1-11H,13H2. The van der Waals surface area contributed by atoms with Crippen molar-refractivity contribution in [3.63, 3.8) is 0 Å². The fraction of sp³-hybridized carbons (Fsp3) is 0.0556. The number of hydrogen-bond acceptors (Lipinski definition) is 4. The minimum atomic E-state index is -0.446. The second kappa shape index (κ2) is 6.58. The van der Waals surface area contributed by atoms with Crippen molar-refractivity contribution < 1.29 is 9.53 Å². The van der Waals surface area contributed by atoms with Gasteiger partial charge in [0.25, 0.3) is 0 Å². The van der Waals surface area contributed by atoms with Crippen LogP contribution in [0.1, 0.15) is 21.5 Å². The van der Waals surface area contributed by atoms with Gasteiger partial charge in [0.05, 0.1) is 22.9 Å². The van der Waals surface area contributed by atoms with E-state index in [9.17, 15) is 4.79 Å². The van der Waals surface area contributed by atoms with E-state index in [4.69, 9.17) is 10.00 Å². The van der Waals surface area contributed by atoms with E-state index in [1.807, 2.05) is 42.6 Å². The van der Waals surface area contributed by atoms with Gasteiger partial charge in [-0.05, 0) is 42.0 Å². The van der Waals surface area contributed by atoms with Gasteiger partial charge in [-0.15, -0.1) is 0 Å². The number of nitrogens with zero attached hydrogens (tertiary/aromatic N) is 3. The molecule has 3 aromatic rings. The number of nitriles is 1. The van der Waals surface area contributed by atoms with Crippen LogP contribution in [0, 0.1) is 11.3 Å². The summed E-state index contributed by atoms with van der Waals surface area (Å²) in [5.74, 6) is -0.446. The van der Waals surface area contributed by atoms with Crippen molar-refractivity contribution in [3.8, 4) is 11.8 Å². The molecule has 0 saturated carbocycles. The Morgan fingerprint density at radius 1 is 1.17 bits per heavy atom. The average molecular weight is 303 g/mol. The smallest absolute Gasteiger partial charge is 0.338 e. The zero-order valence-corrected chi connectivity index (χ0v) is 12.2. The summed E-state index contributed by atoms with van der Waals surface area (Å²) in [7, 11) is 0. The molecule has 5 nitrogen and oxygen atoms in total. The lowest BCUT2D eigenvalue weighted by Crippen LogP contribution is -2.05. The molecule has 0 unspecified atom stereocenters. The van der Waals surface area contributed by atoms with Gasteiger partial charge in [-0.3, -0.25) is 0 Å². The molecule has 0 N–H and O–H groups in total. The number of rotatable bonds is 4. The molecule has 0 bridgehead atoms. The van der Waals surface area contributed by atoms with Crippen LogP contribution in [0.5, 0.6) is 0 Å². The summed E-state index contributed by atoms with van der Waals surface area (Å²) in [5.41, 5.74) is 2.62. The van der Waals surface area contributed by atoms with E-state index in [0.717, 1.165) is 11.3 Å². The molecule has 0 fully saturated rings. The molecule has 0 aliphatic heterocycles. The molecular weight excluding hydrogens is 290 g/mol. The Kier molecular flexibility index (Phi) is 4.16. The second-order valence-electron chi connectivity index (χ2n) is 4.89. The predicted molar refractivity (Wildman–Crippen MR) is 83.8 cm³/mol. The van der Waals surface area contributed by atoms with Crippen LogP contribution in [0.25, 0.3) is 5.69 Å². The van der Waals surface area contributed by atoms with Crippen molar-refractivity contribution in [1.29, 1.82) is 5.26 Å². The second-order valence-corrected chi connectivity index (χ2v) is 4.89. The van der Waals surface area contributed by atoms with Crippen LogP contribution >= 0.6 is 0 Å². The van der Waals surface area contributed by atoms with Gasteiger partial charge in [-0.1, -0.05) is 18.2 Å². The number of carbonyl (C=O) groups excluding carboxylic acids is 1. The van der Waals surface area contributed by atoms with Gasteiger partial charge in [0.15, 0.2) is 0 Å². The van der Waals surface area contributed by atoms with Gasteiger partial charge in [-0.2, -0.15) is 10.4 Å². The molecule has 0 spiro atoms. The first kappa shape index (κ1) is 14.5. The Hall–Kier alpha value is -3.39. The summed E-state index contributed by atoms with van der Waals surface area (Å²) in [6.07, 6.45) is 3.57. The van der Waals surface area contributed by atoms with Crippen molar-refractivity contribution in [2.75, 3.05) is 0 Å². The van der Waals surface area contributed by atoms with Crippen molar-refractivity contribution in [2.45, 2.75) is 6.61 Å². The molecule has 0 amide bonds. The van der Waals surface area contributed by atoms with Gasteiger partial charge >= 0.3 is 5.97 Å². The molecule has 1 heterocycles. The highest BCUT2D eigenvalue weighted by Crippen LogP contribution is 2.11. The fourth-order valence-corrected chi connectivity index (χ4v) is 2.11. The third kappa shape index (κ3) is 3.44. The van der Waals surface area contributed by atoms with E-state index in [1.165, 1.54) is 6.07 Å². The minimum absolute atomic E-state index is 0.176. The lowest BCUT2D eigenvalue weighted by atomic mass is 10.1. The van der Waals surface area contributed by atoms with E-state index in [2.05, 4.69) is 5.10 Å². The highest BCUT2D eigenvalue weighted by Gasteiger charge is 2.08. The van der Waals surface area contributed by atoms with E-state index < -0.39 is 5.97 Å². The van der Waals surface area contributed by atoms with E-state index in [-0.39, 0.29) is 6.61 Å². The molecule has 0 radical (unpaired) electrons. The van der Waals surface area contributed by atoms with Crippen LogP contribution in [0.15, 0.2) is 67.0 Å². The lowest BCUT2D eigenvalue weighted by Gasteiger charge is -2.06. The maximum atomic E-state index is 12.0. The molecule has 0 saturated heterocycles. The minimum Gasteiger partial charge on any atom is -0.457 e. The number of carbonyl (C=O) groups is 1. The van der Waals surface area contributed by atoms with Crippen molar-refractivity contribution in [2.24, 2.45) is 0 Å². The predicted octanol–water partition coefficient (Wildman–Crippen LogP) is 3.10. The van der Waals surface area contributed by atoms with Gasteiger partial charge < -0.3 is 4.74 Å². The van der Waals surface area contributed by atoms with Crippen LogP contribution in [0.2, 0.25) is 0 Å². The number of hydrogen-bond donors (Lipinski definition) is 0. The van der Waals surface area contributed by atoms with Crippen LogP contribution < -0.4 is 0 Å². The molecule has 3 rings (SSSR count). The molecule has 0 aliphatic carbocycles. The van der Waals surface area contributed by atoms with Crippen molar-refractivity contribution in [1.82, 2.24) is 9.78 Å². The third-order valence-electron chi connectivity index (χ3n) is 3.30. The maximum Gasteiger partial charge on any atom is 0.338 e. The first-order valence-electron chi connectivity index (χ1n) is 7.02. The molecular formula is C18H13N3O2. The number of esters is 1. The van der Waals surface area contributed by atoms with E-state index in [1.54, 1.807) is 29.1 Å². The molecule has 0 aliphatic rings. The molecule has 0 atom stereocenters. The Labute approximate surface area is 133 Å². The topological polar surface area (TPSA) is 67.9 Å². The normalized spacial score (nSPS) is 10.0. The Morgan fingerprint density at radius 2 is 2.00 bits per heavy atom. The number of benzene rings is 2. The summed E-state index contributed by atoms with van der Waals surface area (Å²) >= 11 is 0. The van der Waals surface area contributed by atoms with E-state index >= 15 is 0 Å². The SMILES string of the molecule is N#Cc1cccc(C(=O)OCc2ccc(-n3cccn3)cc2)c1. The third-order valence-corrected chi connectivity index (χ3v) is 3.30. The van der Waals surface area contributed by atoms with Crippen LogP contribution in [0.4, 0.5) is 0 Å². The first-order chi connectivity index (χ1) is 11.3. The summed E-state index contributed by atoms with van der Waals surface area (Å²) < 4.78 is 7.03. The Morgan fingerprint density at radius 3 is 2.70 bits per heavy atom. The molecule has 2 aromatic carbocycles. The van der Waals surface area contributed by atoms with Gasteiger partial charge in [0.2, 0.25) is 0 Å². The van der Waals surface area contributed by atoms with Crippen molar-refractivity contribution >= 4 is 5.97 Å². The Bertz CT molecular complexity index is 847. The zero-order chi connectivity index (χ0) is 16.1. The monoisotopic (exact) mass is 303 g/mol.